The van der Waals surface area contributed by atoms with E-state index in [0.29, 0.717) is 13.2 Å². The van der Waals surface area contributed by atoms with Gasteiger partial charge in [-0.2, -0.15) is 0 Å². The molecule has 0 rings (SSSR count). The van der Waals surface area contributed by atoms with Gasteiger partial charge in [0.25, 0.3) is 0 Å². The van der Waals surface area contributed by atoms with Gasteiger partial charge in [-0.3, -0.25) is 4.79 Å². The highest BCUT2D eigenvalue weighted by Crippen LogP contribution is 2.16. The summed E-state index contributed by atoms with van der Waals surface area (Å²) in [4.78, 5) is 13.4. The number of rotatable bonds is 45. The average Bonchev–Trinajstić information content (AvgIpc) is 3.24. The van der Waals surface area contributed by atoms with Crippen LogP contribution in [0.4, 0.5) is 0 Å². The number of unbranched alkanes of at least 4 members (excludes halogenated alkanes) is 30. The zero-order chi connectivity index (χ0) is 50.2. The van der Waals surface area contributed by atoms with E-state index in [9.17, 15) is 4.79 Å². The maximum Gasteiger partial charge on any atom is 0.306 e. The van der Waals surface area contributed by atoms with E-state index in [-0.39, 0.29) is 13.2 Å². The highest BCUT2D eigenvalue weighted by Gasteiger charge is 2.15. The van der Waals surface area contributed by atoms with Gasteiger partial charge in [-0.25, -0.2) is 0 Å². The van der Waals surface area contributed by atoms with Crippen molar-refractivity contribution in [3.8, 4) is 0 Å². The highest BCUT2D eigenvalue weighted by atomic mass is 16.6. The Morgan fingerprint density at radius 2 is 0.765 bits per heavy atom. The third-order valence-electron chi connectivity index (χ3n) is 9.58. The molecular formula is C47H94O4. The van der Waals surface area contributed by atoms with Crippen molar-refractivity contribution in [2.24, 2.45) is 0 Å². The first-order valence-corrected chi connectivity index (χ1v) is 21.8. The van der Waals surface area contributed by atoms with Crippen LogP contribution in [0.15, 0.2) is 0 Å². The van der Waals surface area contributed by atoms with E-state index in [1.54, 1.807) is 0 Å². The minimum atomic E-state index is -4.32. The van der Waals surface area contributed by atoms with E-state index in [4.69, 9.17) is 34.8 Å². The van der Waals surface area contributed by atoms with Crippen LogP contribution in [0.3, 0.4) is 0 Å². The number of ether oxygens (including phenoxy) is 3. The van der Waals surface area contributed by atoms with Crippen LogP contribution in [0.2, 0.25) is 0 Å². The Morgan fingerprint density at radius 3 is 1.10 bits per heavy atom. The lowest BCUT2D eigenvalue weighted by Gasteiger charge is -2.18. The Bertz CT molecular complexity index is 1160. The second kappa shape index (κ2) is 45.5. The van der Waals surface area contributed by atoms with Gasteiger partial charge in [0.15, 0.2) is 0 Å². The molecule has 0 amide bonds. The first-order chi connectivity index (χ1) is 30.9. The lowest BCUT2D eigenvalue weighted by molar-refractivity contribution is -0.156. The first kappa shape index (κ1) is 29.6. The molecule has 0 fully saturated rings. The molecule has 4 heteroatoms. The van der Waals surface area contributed by atoms with Crippen molar-refractivity contribution in [3.63, 3.8) is 0 Å². The summed E-state index contributed by atoms with van der Waals surface area (Å²) in [6.07, 6.45) is 12.5. The Kier molecular flexibility index (Phi) is 26.5. The maximum atomic E-state index is 13.4. The van der Waals surface area contributed by atoms with Gasteiger partial charge in [-0.05, 0) is 19.2 Å². The minimum absolute atomic E-state index is 0.239. The van der Waals surface area contributed by atoms with Gasteiger partial charge in [0.05, 0.1) is 13.2 Å². The normalized spacial score (nSPS) is 17.9. The molecular weight excluding hydrogens is 629 g/mol. The zero-order valence-corrected chi connectivity index (χ0v) is 33.7. The lowest BCUT2D eigenvalue weighted by Crippen LogP contribution is -2.29. The number of hydrogen-bond donors (Lipinski definition) is 0. The average molecular weight is 738 g/mol. The summed E-state index contributed by atoms with van der Waals surface area (Å²) < 4.78 is 137. The summed E-state index contributed by atoms with van der Waals surface area (Å²) in [5, 5.41) is 0. The van der Waals surface area contributed by atoms with Gasteiger partial charge < -0.3 is 14.2 Å². The summed E-state index contributed by atoms with van der Waals surface area (Å²) in [6, 6.07) is 0. The highest BCUT2D eigenvalue weighted by molar-refractivity contribution is 5.69. The third kappa shape index (κ3) is 43.7. The number of carbonyl (C=O) groups excluding carboxylic acids is 1. The van der Waals surface area contributed by atoms with Crippen molar-refractivity contribution in [3.05, 3.63) is 0 Å². The molecule has 51 heavy (non-hydrogen) atoms. The van der Waals surface area contributed by atoms with Crippen LogP contribution in [0.25, 0.3) is 0 Å². The molecule has 0 saturated carbocycles. The van der Waals surface area contributed by atoms with Crippen molar-refractivity contribution in [1.29, 1.82) is 0 Å². The van der Waals surface area contributed by atoms with Crippen LogP contribution in [0, 0.1) is 0 Å². The van der Waals surface area contributed by atoms with Crippen LogP contribution in [0.5, 0.6) is 0 Å². The molecule has 0 saturated heterocycles. The standard InChI is InChI=1S/C47H94O4/c1-4-7-10-13-15-17-19-21-23-25-27-29-31-33-36-39-42-49-44-46(51-47(48)41-38-35-12-9-6-3)45-50-43-40-37-34-32-30-28-26-24-22-20-18-16-14-11-8-5-2/h46H,4-45H2,1-3H3/i3D3,6D2,9D2,12D2,35D2,38D2,41D2. The van der Waals surface area contributed by atoms with Crippen LogP contribution in [-0.2, 0) is 19.0 Å². The minimum Gasteiger partial charge on any atom is -0.457 e. The molecule has 0 aromatic heterocycles. The summed E-state index contributed by atoms with van der Waals surface area (Å²) in [6.45, 7) is 0.810. The summed E-state index contributed by atoms with van der Waals surface area (Å²) in [5.74, 6) is -1.92. The fourth-order valence-electron chi connectivity index (χ4n) is 6.41. The van der Waals surface area contributed by atoms with Crippen molar-refractivity contribution < 1.29 is 39.6 Å². The predicted octanol–water partition coefficient (Wildman–Crippen LogP) is 15.8. The lowest BCUT2D eigenvalue weighted by atomic mass is 10.0. The Balaban J connectivity index is 5.14. The van der Waals surface area contributed by atoms with Gasteiger partial charge in [0.1, 0.15) is 6.10 Å². The first-order valence-electron chi connectivity index (χ1n) is 29.3. The van der Waals surface area contributed by atoms with Gasteiger partial charge in [-0.15, -0.1) is 0 Å². The second-order valence-electron chi connectivity index (χ2n) is 14.5. The summed E-state index contributed by atoms with van der Waals surface area (Å²) in [7, 11) is 0. The van der Waals surface area contributed by atoms with Gasteiger partial charge in [0.2, 0.25) is 0 Å². The fourth-order valence-corrected chi connectivity index (χ4v) is 6.41. The van der Waals surface area contributed by atoms with E-state index >= 15 is 0 Å². The molecule has 0 bridgehead atoms. The molecule has 0 heterocycles. The smallest absolute Gasteiger partial charge is 0.306 e. The zero-order valence-electron chi connectivity index (χ0n) is 48.7. The van der Waals surface area contributed by atoms with Gasteiger partial charge >= 0.3 is 5.97 Å². The van der Waals surface area contributed by atoms with Crippen molar-refractivity contribution in [1.82, 2.24) is 0 Å². The SMILES string of the molecule is [2H]C([2H])([2H])C([2H])([2H])C([2H])([2H])C([2H])([2H])C([2H])([2H])C([2H])([2H])C([2H])([2H])C(=O)OC(COCCCCCCCCCCCCCCCCCC)COCCCCCCCCCCCCCCCCCC. The van der Waals surface area contributed by atoms with E-state index < -0.39 is 57.2 Å². The largest absolute Gasteiger partial charge is 0.457 e. The Morgan fingerprint density at radius 1 is 0.451 bits per heavy atom. The molecule has 0 spiro atoms. The maximum absolute atomic E-state index is 13.4. The van der Waals surface area contributed by atoms with Gasteiger partial charge in [0, 0.05) is 40.1 Å². The van der Waals surface area contributed by atoms with Crippen LogP contribution < -0.4 is 0 Å². The van der Waals surface area contributed by atoms with Crippen molar-refractivity contribution >= 4 is 5.97 Å². The molecule has 0 aromatic carbocycles. The molecule has 0 unspecified atom stereocenters. The molecule has 0 aliphatic rings. The summed E-state index contributed by atoms with van der Waals surface area (Å²) >= 11 is 0. The molecule has 0 radical (unpaired) electrons. The molecule has 306 valence electrons. The van der Waals surface area contributed by atoms with Crippen LogP contribution >= 0.6 is 0 Å². The Hall–Kier alpha value is -0.610. The quantitative estimate of drug-likeness (QED) is 0.0461. The molecule has 0 atom stereocenters. The van der Waals surface area contributed by atoms with E-state index in [2.05, 4.69) is 13.8 Å². The summed E-state index contributed by atoms with van der Waals surface area (Å²) in [5.41, 5.74) is 0. The van der Waals surface area contributed by atoms with Crippen LogP contribution in [-0.4, -0.2) is 38.5 Å². The van der Waals surface area contributed by atoms with E-state index in [1.807, 2.05) is 0 Å². The third-order valence-corrected chi connectivity index (χ3v) is 9.58. The molecule has 0 aliphatic carbocycles. The monoisotopic (exact) mass is 738 g/mol. The molecule has 0 aliphatic heterocycles. The van der Waals surface area contributed by atoms with Gasteiger partial charge in [-0.1, -0.05) is 239 Å². The topological polar surface area (TPSA) is 44.8 Å². The number of carbonyl (C=O) groups is 1. The molecule has 0 aromatic rings. The number of esters is 1. The van der Waals surface area contributed by atoms with E-state index in [0.717, 1.165) is 51.4 Å². The van der Waals surface area contributed by atoms with Crippen LogP contribution in [0.1, 0.15) is 285 Å². The van der Waals surface area contributed by atoms with Crippen molar-refractivity contribution in [2.45, 2.75) is 271 Å². The molecule has 4 nitrogen and oxygen atoms in total. The Labute approximate surface area is 342 Å². The second-order valence-corrected chi connectivity index (χ2v) is 14.5. The van der Waals surface area contributed by atoms with E-state index in [1.165, 1.54) is 154 Å². The van der Waals surface area contributed by atoms with Crippen molar-refractivity contribution in [2.75, 3.05) is 26.4 Å². The fraction of sp³-hybridized carbons (Fsp3) is 0.979. The number of hydrogen-bond acceptors (Lipinski definition) is 4. The predicted molar refractivity (Wildman–Crippen MR) is 224 cm³/mol. The molecule has 0 N–H and O–H groups in total.